The van der Waals surface area contributed by atoms with Crippen molar-refractivity contribution in [1.82, 2.24) is 5.32 Å². The van der Waals surface area contributed by atoms with Gasteiger partial charge in [0, 0.05) is 12.0 Å². The van der Waals surface area contributed by atoms with Crippen molar-refractivity contribution in [2.75, 3.05) is 6.61 Å². The van der Waals surface area contributed by atoms with Crippen LogP contribution >= 0.6 is 0 Å². The van der Waals surface area contributed by atoms with Crippen molar-refractivity contribution in [3.05, 3.63) is 30.3 Å². The lowest BCUT2D eigenvalue weighted by Gasteiger charge is -2.27. The van der Waals surface area contributed by atoms with Gasteiger partial charge in [0.2, 0.25) is 5.91 Å². The summed E-state index contributed by atoms with van der Waals surface area (Å²) in [5, 5.41) is 12.0. The zero-order chi connectivity index (χ0) is 16.7. The predicted octanol–water partition coefficient (Wildman–Crippen LogP) is 2.85. The molecule has 1 amide bonds. The van der Waals surface area contributed by atoms with Gasteiger partial charge in [-0.05, 0) is 44.2 Å². The van der Waals surface area contributed by atoms with Crippen molar-refractivity contribution < 1.29 is 19.4 Å². The molecule has 1 aliphatic carbocycles. The van der Waals surface area contributed by atoms with Crippen molar-refractivity contribution in [3.8, 4) is 5.75 Å². The zero-order valence-electron chi connectivity index (χ0n) is 13.5. The van der Waals surface area contributed by atoms with Gasteiger partial charge in [0.15, 0.2) is 0 Å². The molecule has 0 saturated heterocycles. The van der Waals surface area contributed by atoms with Gasteiger partial charge in [-0.1, -0.05) is 25.1 Å². The molecule has 0 heterocycles. The van der Waals surface area contributed by atoms with Crippen LogP contribution < -0.4 is 10.1 Å². The minimum atomic E-state index is -0.721. The van der Waals surface area contributed by atoms with Crippen molar-refractivity contribution in [2.24, 2.45) is 11.8 Å². The molecule has 5 heteroatoms. The van der Waals surface area contributed by atoms with Gasteiger partial charge in [-0.2, -0.15) is 0 Å². The Morgan fingerprint density at radius 1 is 1.22 bits per heavy atom. The largest absolute Gasteiger partial charge is 0.494 e. The third-order valence-electron chi connectivity index (χ3n) is 4.43. The molecule has 1 aromatic rings. The van der Waals surface area contributed by atoms with Gasteiger partial charge >= 0.3 is 5.97 Å². The Bertz CT molecular complexity index is 509. The molecule has 23 heavy (non-hydrogen) atoms. The number of carboxylic acids is 1. The lowest BCUT2D eigenvalue weighted by atomic mass is 9.86. The van der Waals surface area contributed by atoms with E-state index in [-0.39, 0.29) is 23.8 Å². The fourth-order valence-corrected chi connectivity index (χ4v) is 2.83. The molecule has 1 aliphatic rings. The smallest absolute Gasteiger partial charge is 0.306 e. The monoisotopic (exact) mass is 319 g/mol. The third kappa shape index (κ3) is 5.58. The summed E-state index contributed by atoms with van der Waals surface area (Å²) in [5.41, 5.74) is 0. The van der Waals surface area contributed by atoms with Crippen LogP contribution in [0.15, 0.2) is 30.3 Å². The maximum Gasteiger partial charge on any atom is 0.306 e. The van der Waals surface area contributed by atoms with Crippen LogP contribution in [0, 0.1) is 11.8 Å². The number of carbonyl (C=O) groups excluding carboxylic acids is 1. The fourth-order valence-electron chi connectivity index (χ4n) is 2.83. The number of nitrogens with one attached hydrogen (secondary N) is 1. The fraction of sp³-hybridized carbons (Fsp3) is 0.556. The topological polar surface area (TPSA) is 75.6 Å². The number of carboxylic acid groups (broad SMARTS) is 1. The van der Waals surface area contributed by atoms with E-state index in [9.17, 15) is 9.59 Å². The molecular weight excluding hydrogens is 294 g/mol. The van der Waals surface area contributed by atoms with Crippen molar-refractivity contribution in [1.29, 1.82) is 0 Å². The predicted molar refractivity (Wildman–Crippen MR) is 87.2 cm³/mol. The number of ether oxygens (including phenoxy) is 1. The van der Waals surface area contributed by atoms with Crippen molar-refractivity contribution in [2.45, 2.75) is 45.1 Å². The standard InChI is InChI=1S/C18H25NO4/c1-13(11-12-23-16-5-3-2-4-6-16)17(20)19-15-9-7-14(8-10-15)18(21)22/h2-6,13-15H,7-12H2,1H3,(H,19,20)(H,21,22). The summed E-state index contributed by atoms with van der Waals surface area (Å²) in [6.07, 6.45) is 3.44. The van der Waals surface area contributed by atoms with Gasteiger partial charge in [-0.3, -0.25) is 9.59 Å². The van der Waals surface area contributed by atoms with E-state index in [0.29, 0.717) is 25.9 Å². The molecule has 126 valence electrons. The van der Waals surface area contributed by atoms with Crippen LogP contribution in [0.4, 0.5) is 0 Å². The summed E-state index contributed by atoms with van der Waals surface area (Å²) in [6, 6.07) is 9.66. The van der Waals surface area contributed by atoms with Gasteiger partial charge in [0.1, 0.15) is 5.75 Å². The lowest BCUT2D eigenvalue weighted by molar-refractivity contribution is -0.142. The number of para-hydroxylation sites is 1. The highest BCUT2D eigenvalue weighted by Crippen LogP contribution is 2.24. The Hall–Kier alpha value is -2.04. The first-order valence-electron chi connectivity index (χ1n) is 8.27. The zero-order valence-corrected chi connectivity index (χ0v) is 13.5. The summed E-state index contributed by atoms with van der Waals surface area (Å²) in [4.78, 5) is 23.1. The average molecular weight is 319 g/mol. The van der Waals surface area contributed by atoms with Crippen LogP contribution in [0.3, 0.4) is 0 Å². The second kappa shape index (κ2) is 8.56. The number of hydrogen-bond acceptors (Lipinski definition) is 3. The van der Waals surface area contributed by atoms with Crippen LogP contribution in [0.25, 0.3) is 0 Å². The van der Waals surface area contributed by atoms with E-state index in [1.807, 2.05) is 37.3 Å². The maximum atomic E-state index is 12.2. The average Bonchev–Trinajstić information content (AvgIpc) is 2.56. The van der Waals surface area contributed by atoms with Crippen LogP contribution in [0.1, 0.15) is 39.0 Å². The van der Waals surface area contributed by atoms with Crippen LogP contribution in [-0.2, 0) is 9.59 Å². The molecule has 0 aliphatic heterocycles. The molecule has 1 aromatic carbocycles. The first kappa shape index (κ1) is 17.3. The summed E-state index contributed by atoms with van der Waals surface area (Å²) < 4.78 is 5.61. The van der Waals surface area contributed by atoms with Crippen LogP contribution in [0.5, 0.6) is 5.75 Å². The van der Waals surface area contributed by atoms with Crippen molar-refractivity contribution in [3.63, 3.8) is 0 Å². The van der Waals surface area contributed by atoms with Crippen molar-refractivity contribution >= 4 is 11.9 Å². The number of amides is 1. The Labute approximate surface area is 137 Å². The Morgan fingerprint density at radius 3 is 2.48 bits per heavy atom. The molecule has 0 bridgehead atoms. The van der Waals surface area contributed by atoms with E-state index in [1.54, 1.807) is 0 Å². The minimum Gasteiger partial charge on any atom is -0.494 e. The Balaban J connectivity index is 1.66. The molecular formula is C18H25NO4. The number of rotatable bonds is 7. The van der Waals surface area contributed by atoms with Gasteiger partial charge in [-0.15, -0.1) is 0 Å². The molecule has 1 atom stereocenters. The van der Waals surface area contributed by atoms with Gasteiger partial charge in [0.25, 0.3) is 0 Å². The quantitative estimate of drug-likeness (QED) is 0.810. The highest BCUT2D eigenvalue weighted by molar-refractivity contribution is 5.78. The lowest BCUT2D eigenvalue weighted by Crippen LogP contribution is -2.41. The number of benzene rings is 1. The molecule has 0 radical (unpaired) electrons. The van der Waals surface area contributed by atoms with Gasteiger partial charge in [0.05, 0.1) is 12.5 Å². The SMILES string of the molecule is CC(CCOc1ccccc1)C(=O)NC1CCC(C(=O)O)CC1. The Morgan fingerprint density at radius 2 is 1.87 bits per heavy atom. The highest BCUT2D eigenvalue weighted by atomic mass is 16.5. The number of aliphatic carboxylic acids is 1. The summed E-state index contributed by atoms with van der Waals surface area (Å²) in [7, 11) is 0. The third-order valence-corrected chi connectivity index (χ3v) is 4.43. The summed E-state index contributed by atoms with van der Waals surface area (Å²) >= 11 is 0. The second-order valence-corrected chi connectivity index (χ2v) is 6.25. The second-order valence-electron chi connectivity index (χ2n) is 6.25. The molecule has 2 N–H and O–H groups in total. The van der Waals surface area contributed by atoms with E-state index in [1.165, 1.54) is 0 Å². The van der Waals surface area contributed by atoms with Gasteiger partial charge < -0.3 is 15.2 Å². The summed E-state index contributed by atoms with van der Waals surface area (Å²) in [6.45, 7) is 2.40. The first-order chi connectivity index (χ1) is 11.1. The van der Waals surface area contributed by atoms with E-state index in [0.717, 1.165) is 18.6 Å². The normalized spacial score (nSPS) is 22.1. The van der Waals surface area contributed by atoms with Crippen LogP contribution in [0.2, 0.25) is 0 Å². The molecule has 1 unspecified atom stereocenters. The molecule has 0 aromatic heterocycles. The first-order valence-corrected chi connectivity index (χ1v) is 8.27. The van der Waals surface area contributed by atoms with E-state index >= 15 is 0 Å². The highest BCUT2D eigenvalue weighted by Gasteiger charge is 2.27. The van der Waals surface area contributed by atoms with E-state index < -0.39 is 5.97 Å². The van der Waals surface area contributed by atoms with Gasteiger partial charge in [-0.25, -0.2) is 0 Å². The molecule has 1 fully saturated rings. The summed E-state index contributed by atoms with van der Waals surface area (Å²) in [5.74, 6) is -0.246. The van der Waals surface area contributed by atoms with Crippen LogP contribution in [-0.4, -0.2) is 29.6 Å². The number of hydrogen-bond donors (Lipinski definition) is 2. The van der Waals surface area contributed by atoms with E-state index in [4.69, 9.17) is 9.84 Å². The Kier molecular flexibility index (Phi) is 6.44. The molecule has 0 spiro atoms. The molecule has 2 rings (SSSR count). The van der Waals surface area contributed by atoms with E-state index in [2.05, 4.69) is 5.32 Å². The minimum absolute atomic E-state index is 0.0282. The maximum absolute atomic E-state index is 12.2. The molecule has 5 nitrogen and oxygen atoms in total. The number of carbonyl (C=O) groups is 2. The molecule has 1 saturated carbocycles.